The number of nitrogens with zero attached hydrogens (tertiary/aromatic N) is 1. The molecule has 0 radical (unpaired) electrons. The number of aliphatic imine (C=N–C) groups is 1. The van der Waals surface area contributed by atoms with E-state index in [0.717, 1.165) is 0 Å². The Morgan fingerprint density at radius 2 is 2.40 bits per heavy atom. The van der Waals surface area contributed by atoms with Crippen LogP contribution >= 0.6 is 7.82 Å². The molecule has 0 aromatic rings. The number of phosphoric acid groups is 1. The van der Waals surface area contributed by atoms with Crippen LogP contribution in [-0.2, 0) is 13.8 Å². The number of rotatable bonds is 1. The predicted octanol–water partition coefficient (Wildman–Crippen LogP) is -0.518. The molecule has 10 heavy (non-hydrogen) atoms. The first-order chi connectivity index (χ1) is 4.58. The van der Waals surface area contributed by atoms with Gasteiger partial charge in [-0.25, -0.2) is 9.56 Å². The van der Waals surface area contributed by atoms with Crippen LogP contribution in [0.2, 0.25) is 0 Å². The molecule has 0 bridgehead atoms. The Labute approximate surface area is 56.7 Å². The van der Waals surface area contributed by atoms with Gasteiger partial charge in [-0.05, 0) is 0 Å². The van der Waals surface area contributed by atoms with Crippen LogP contribution in [0.5, 0.6) is 0 Å². The highest BCUT2D eigenvalue weighted by atomic mass is 31.2. The van der Waals surface area contributed by atoms with Crippen LogP contribution < -0.4 is 0 Å². The lowest BCUT2D eigenvalue weighted by atomic mass is 10.8. The number of phosphoric ester groups is 1. The standard InChI is InChI=1S/C3H6NO5P/c5-10(6,7)9-3-4-1-2-8-3/h1-2H2,(H2,5,6,7). The molecular weight excluding hydrogens is 161 g/mol. The van der Waals surface area contributed by atoms with E-state index in [0.29, 0.717) is 13.2 Å². The molecule has 0 unspecified atom stereocenters. The highest BCUT2D eigenvalue weighted by Crippen LogP contribution is 2.36. The molecule has 1 heterocycles. The molecule has 0 atom stereocenters. The van der Waals surface area contributed by atoms with Gasteiger partial charge in [-0.15, -0.1) is 0 Å². The average Bonchev–Trinajstić information content (AvgIpc) is 2.12. The summed E-state index contributed by atoms with van der Waals surface area (Å²) in [6, 6.07) is 0. The maximum atomic E-state index is 10.1. The summed E-state index contributed by atoms with van der Waals surface area (Å²) in [7, 11) is -4.47. The molecule has 6 nitrogen and oxygen atoms in total. The smallest absolute Gasteiger partial charge is 0.448 e. The molecule has 0 aromatic carbocycles. The minimum atomic E-state index is -4.47. The van der Waals surface area contributed by atoms with Gasteiger partial charge in [0.1, 0.15) is 6.61 Å². The van der Waals surface area contributed by atoms with Crippen molar-refractivity contribution >= 4 is 13.9 Å². The highest BCUT2D eigenvalue weighted by molar-refractivity contribution is 7.46. The molecule has 0 aromatic heterocycles. The third kappa shape index (κ3) is 2.34. The summed E-state index contributed by atoms with van der Waals surface area (Å²) >= 11 is 0. The van der Waals surface area contributed by atoms with Crippen molar-refractivity contribution in [3.8, 4) is 0 Å². The number of hydrogen-bond donors (Lipinski definition) is 2. The SMILES string of the molecule is O=P(O)(O)OC1=NCCO1. The molecule has 1 aliphatic rings. The summed E-state index contributed by atoms with van der Waals surface area (Å²) in [6.07, 6.45) is -0.326. The third-order valence-electron chi connectivity index (χ3n) is 0.755. The van der Waals surface area contributed by atoms with Crippen molar-refractivity contribution in [1.82, 2.24) is 0 Å². The first-order valence-corrected chi connectivity index (χ1v) is 4.03. The maximum absolute atomic E-state index is 10.1. The monoisotopic (exact) mass is 167 g/mol. The fourth-order valence-electron chi connectivity index (χ4n) is 0.472. The summed E-state index contributed by atoms with van der Waals surface area (Å²) in [5.74, 6) is 0. The molecule has 0 saturated heterocycles. The summed E-state index contributed by atoms with van der Waals surface area (Å²) in [5, 5.41) is 0. The molecule has 7 heteroatoms. The van der Waals surface area contributed by atoms with Crippen molar-refractivity contribution in [1.29, 1.82) is 0 Å². The lowest BCUT2D eigenvalue weighted by molar-refractivity contribution is 0.219. The highest BCUT2D eigenvalue weighted by Gasteiger charge is 2.21. The Morgan fingerprint density at radius 1 is 1.70 bits per heavy atom. The second-order valence-electron chi connectivity index (χ2n) is 1.58. The van der Waals surface area contributed by atoms with E-state index in [1.54, 1.807) is 0 Å². The van der Waals surface area contributed by atoms with Gasteiger partial charge in [-0.1, -0.05) is 0 Å². The van der Waals surface area contributed by atoms with Crippen LogP contribution in [0.4, 0.5) is 0 Å². The minimum Gasteiger partial charge on any atom is -0.448 e. The molecule has 1 rings (SSSR count). The van der Waals surface area contributed by atoms with Gasteiger partial charge in [0.15, 0.2) is 0 Å². The van der Waals surface area contributed by atoms with E-state index in [2.05, 4.69) is 14.3 Å². The summed E-state index contributed by atoms with van der Waals surface area (Å²) in [4.78, 5) is 19.9. The minimum absolute atomic E-state index is 0.315. The number of hydrogen-bond acceptors (Lipinski definition) is 4. The van der Waals surface area contributed by atoms with Gasteiger partial charge < -0.3 is 9.26 Å². The molecule has 58 valence electrons. The van der Waals surface area contributed by atoms with E-state index >= 15 is 0 Å². The van der Waals surface area contributed by atoms with Crippen molar-refractivity contribution in [2.75, 3.05) is 13.2 Å². The molecule has 0 amide bonds. The van der Waals surface area contributed by atoms with Gasteiger partial charge in [-0.3, -0.25) is 9.79 Å². The van der Waals surface area contributed by atoms with Crippen LogP contribution in [0.25, 0.3) is 0 Å². The summed E-state index contributed by atoms with van der Waals surface area (Å²) in [6.45, 7) is 0.699. The molecule has 0 aliphatic carbocycles. The van der Waals surface area contributed by atoms with Gasteiger partial charge in [0, 0.05) is 0 Å². The Kier molecular flexibility index (Phi) is 1.94. The topological polar surface area (TPSA) is 88.4 Å². The van der Waals surface area contributed by atoms with E-state index < -0.39 is 7.82 Å². The van der Waals surface area contributed by atoms with Gasteiger partial charge in [0.05, 0.1) is 6.54 Å². The van der Waals surface area contributed by atoms with Gasteiger partial charge in [0.25, 0.3) is 0 Å². The van der Waals surface area contributed by atoms with Crippen LogP contribution in [0.3, 0.4) is 0 Å². The van der Waals surface area contributed by atoms with E-state index in [4.69, 9.17) is 9.79 Å². The zero-order valence-electron chi connectivity index (χ0n) is 4.93. The molecule has 0 spiro atoms. The first kappa shape index (κ1) is 7.53. The Morgan fingerprint density at radius 3 is 2.80 bits per heavy atom. The van der Waals surface area contributed by atoms with Crippen LogP contribution in [0.15, 0.2) is 4.99 Å². The zero-order valence-corrected chi connectivity index (χ0v) is 5.82. The number of ether oxygens (including phenoxy) is 1. The second-order valence-corrected chi connectivity index (χ2v) is 2.74. The predicted molar refractivity (Wildman–Crippen MR) is 31.4 cm³/mol. The molecule has 2 N–H and O–H groups in total. The Hall–Kier alpha value is -0.580. The Bertz CT molecular complexity index is 195. The molecular formula is C3H6NO5P. The molecule has 0 saturated carbocycles. The van der Waals surface area contributed by atoms with Crippen molar-refractivity contribution in [3.05, 3.63) is 0 Å². The molecule has 0 fully saturated rings. The summed E-state index contributed by atoms with van der Waals surface area (Å²) in [5.41, 5.74) is 0. The largest absolute Gasteiger partial charge is 0.528 e. The lowest BCUT2D eigenvalue weighted by Crippen LogP contribution is -2.02. The zero-order chi connectivity index (χ0) is 7.61. The van der Waals surface area contributed by atoms with E-state index in [1.807, 2.05) is 0 Å². The second kappa shape index (κ2) is 2.57. The van der Waals surface area contributed by atoms with E-state index in [-0.39, 0.29) is 6.08 Å². The van der Waals surface area contributed by atoms with Gasteiger partial charge >= 0.3 is 13.9 Å². The third-order valence-corrected chi connectivity index (χ3v) is 1.15. The first-order valence-electron chi connectivity index (χ1n) is 2.50. The maximum Gasteiger partial charge on any atom is 0.528 e. The fraction of sp³-hybridized carbons (Fsp3) is 0.667. The van der Waals surface area contributed by atoms with Crippen molar-refractivity contribution in [2.24, 2.45) is 4.99 Å². The Balaban J connectivity index is 2.46. The van der Waals surface area contributed by atoms with Gasteiger partial charge in [-0.2, -0.15) is 0 Å². The van der Waals surface area contributed by atoms with E-state index in [1.165, 1.54) is 0 Å². The fourth-order valence-corrected chi connectivity index (χ4v) is 0.786. The van der Waals surface area contributed by atoms with Crippen LogP contribution in [0.1, 0.15) is 0 Å². The molecule has 1 aliphatic heterocycles. The van der Waals surface area contributed by atoms with Crippen molar-refractivity contribution in [2.45, 2.75) is 0 Å². The van der Waals surface area contributed by atoms with Crippen LogP contribution in [-0.4, -0.2) is 29.0 Å². The van der Waals surface area contributed by atoms with Crippen LogP contribution in [0, 0.1) is 0 Å². The normalized spacial score (nSPS) is 18.0. The van der Waals surface area contributed by atoms with Crippen molar-refractivity contribution in [3.63, 3.8) is 0 Å². The summed E-state index contributed by atoms with van der Waals surface area (Å²) < 4.78 is 18.7. The average molecular weight is 167 g/mol. The van der Waals surface area contributed by atoms with E-state index in [9.17, 15) is 4.57 Å². The van der Waals surface area contributed by atoms with Crippen molar-refractivity contribution < 1.29 is 23.6 Å². The lowest BCUT2D eigenvalue weighted by Gasteiger charge is -2.03. The quantitative estimate of drug-likeness (QED) is 0.513. The van der Waals surface area contributed by atoms with Gasteiger partial charge in [0.2, 0.25) is 0 Å².